The minimum absolute atomic E-state index is 0.284. The summed E-state index contributed by atoms with van der Waals surface area (Å²) in [4.78, 5) is 15.5. The number of aromatic nitrogens is 1. The van der Waals surface area contributed by atoms with Crippen molar-refractivity contribution in [2.24, 2.45) is 0 Å². The van der Waals surface area contributed by atoms with Gasteiger partial charge in [-0.05, 0) is 17.7 Å². The van der Waals surface area contributed by atoms with Crippen molar-refractivity contribution in [2.45, 2.75) is 5.75 Å². The van der Waals surface area contributed by atoms with Crippen LogP contribution in [0.15, 0.2) is 35.8 Å². The first kappa shape index (κ1) is 15.2. The van der Waals surface area contributed by atoms with Gasteiger partial charge in [0.1, 0.15) is 5.75 Å². The number of benzene rings is 1. The van der Waals surface area contributed by atoms with E-state index < -0.39 is 21.5 Å². The smallest absolute Gasteiger partial charge is 0.241 e. The highest BCUT2D eigenvalue weighted by Crippen LogP contribution is 2.12. The van der Waals surface area contributed by atoms with E-state index in [4.69, 9.17) is 5.26 Å². The third-order valence-electron chi connectivity index (χ3n) is 2.47. The van der Waals surface area contributed by atoms with Gasteiger partial charge in [0, 0.05) is 11.6 Å². The second-order valence-corrected chi connectivity index (χ2v) is 7.19. The minimum atomic E-state index is -3.61. The van der Waals surface area contributed by atoms with Crippen molar-refractivity contribution in [3.05, 3.63) is 47.0 Å². The number of hydrogen-bond acceptors (Lipinski definition) is 6. The molecule has 1 heterocycles. The van der Waals surface area contributed by atoms with E-state index in [1.165, 1.54) is 23.6 Å². The lowest BCUT2D eigenvalue weighted by Crippen LogP contribution is -2.23. The quantitative estimate of drug-likeness (QED) is 0.901. The molecule has 0 aliphatic heterocycles. The number of sulfone groups is 1. The molecule has 1 aromatic carbocycles. The minimum Gasteiger partial charge on any atom is -0.301 e. The molecular formula is C13H11N3O3S2. The van der Waals surface area contributed by atoms with Crippen LogP contribution < -0.4 is 5.32 Å². The first-order chi connectivity index (χ1) is 9.98. The number of carbonyl (C=O) groups is 1. The van der Waals surface area contributed by atoms with E-state index in [2.05, 4.69) is 10.3 Å². The third kappa shape index (κ3) is 4.66. The number of nitrogens with zero attached hydrogens (tertiary/aromatic N) is 2. The molecule has 21 heavy (non-hydrogen) atoms. The summed E-state index contributed by atoms with van der Waals surface area (Å²) in [5, 5.41) is 13.2. The first-order valence-electron chi connectivity index (χ1n) is 5.87. The summed E-state index contributed by atoms with van der Waals surface area (Å²) in [5.74, 6) is -1.53. The van der Waals surface area contributed by atoms with Crippen LogP contribution in [0, 0.1) is 11.3 Å². The third-order valence-corrected chi connectivity index (χ3v) is 4.64. The summed E-state index contributed by atoms with van der Waals surface area (Å²) in [6, 6.07) is 8.25. The molecule has 0 radical (unpaired) electrons. The summed E-state index contributed by atoms with van der Waals surface area (Å²) in [6.07, 6.45) is 1.52. The summed E-state index contributed by atoms with van der Waals surface area (Å²) in [6.45, 7) is 0. The molecule has 1 amide bonds. The number of nitriles is 1. The fraction of sp³-hybridized carbons (Fsp3) is 0.154. The largest absolute Gasteiger partial charge is 0.301 e. The summed E-state index contributed by atoms with van der Waals surface area (Å²) < 4.78 is 24.0. The number of thiazole rings is 1. The predicted octanol–water partition coefficient (Wildman–Crippen LogP) is 1.57. The fourth-order valence-corrected chi connectivity index (χ4v) is 3.48. The van der Waals surface area contributed by atoms with E-state index in [9.17, 15) is 13.2 Å². The Kier molecular flexibility index (Phi) is 4.67. The Morgan fingerprint density at radius 2 is 2.24 bits per heavy atom. The van der Waals surface area contributed by atoms with Gasteiger partial charge in [-0.2, -0.15) is 5.26 Å². The normalized spacial score (nSPS) is 10.8. The van der Waals surface area contributed by atoms with Gasteiger partial charge in [-0.3, -0.25) is 4.79 Å². The molecular weight excluding hydrogens is 310 g/mol. The molecule has 1 N–H and O–H groups in total. The molecule has 0 saturated carbocycles. The number of rotatable bonds is 5. The van der Waals surface area contributed by atoms with E-state index >= 15 is 0 Å². The summed E-state index contributed by atoms with van der Waals surface area (Å²) in [5.41, 5.74) is 0.867. The van der Waals surface area contributed by atoms with Crippen LogP contribution >= 0.6 is 11.3 Å². The van der Waals surface area contributed by atoms with E-state index in [0.717, 1.165) is 0 Å². The molecule has 8 heteroatoms. The van der Waals surface area contributed by atoms with Crippen molar-refractivity contribution in [2.75, 3.05) is 11.1 Å². The van der Waals surface area contributed by atoms with Gasteiger partial charge >= 0.3 is 0 Å². The van der Waals surface area contributed by atoms with Gasteiger partial charge in [-0.25, -0.2) is 13.4 Å². The summed E-state index contributed by atoms with van der Waals surface area (Å²) >= 11 is 1.21. The van der Waals surface area contributed by atoms with Gasteiger partial charge in [0.15, 0.2) is 15.0 Å². The lowest BCUT2D eigenvalue weighted by atomic mass is 10.2. The molecule has 1 aromatic heterocycles. The monoisotopic (exact) mass is 321 g/mol. The van der Waals surface area contributed by atoms with Crippen molar-refractivity contribution >= 4 is 32.2 Å². The van der Waals surface area contributed by atoms with Gasteiger partial charge < -0.3 is 5.32 Å². The molecule has 2 rings (SSSR count). The molecule has 0 unspecified atom stereocenters. The predicted molar refractivity (Wildman–Crippen MR) is 79.4 cm³/mol. The highest BCUT2D eigenvalue weighted by atomic mass is 32.2. The zero-order valence-corrected chi connectivity index (χ0v) is 12.4. The van der Waals surface area contributed by atoms with Crippen molar-refractivity contribution in [1.82, 2.24) is 4.98 Å². The van der Waals surface area contributed by atoms with E-state index in [1.807, 2.05) is 6.07 Å². The maximum atomic E-state index is 12.0. The van der Waals surface area contributed by atoms with Crippen LogP contribution in [0.5, 0.6) is 0 Å². The van der Waals surface area contributed by atoms with Gasteiger partial charge in [0.25, 0.3) is 0 Å². The summed E-state index contributed by atoms with van der Waals surface area (Å²) in [7, 11) is -3.61. The molecule has 0 spiro atoms. The van der Waals surface area contributed by atoms with Crippen LogP contribution in [0.3, 0.4) is 0 Å². The fourth-order valence-electron chi connectivity index (χ4n) is 1.68. The molecule has 2 aromatic rings. The number of carbonyl (C=O) groups excluding carboxylic acids is 1. The number of anilines is 1. The number of nitrogens with one attached hydrogen (secondary N) is 1. The van der Waals surface area contributed by atoms with E-state index in [-0.39, 0.29) is 5.75 Å². The van der Waals surface area contributed by atoms with Crippen molar-refractivity contribution in [3.63, 3.8) is 0 Å². The lowest BCUT2D eigenvalue weighted by molar-refractivity contribution is -0.113. The van der Waals surface area contributed by atoms with Crippen molar-refractivity contribution in [1.29, 1.82) is 5.26 Å². The zero-order chi connectivity index (χ0) is 15.3. The Balaban J connectivity index is 2.01. The standard InChI is InChI=1S/C13H11N3O3S2/c14-7-10-2-1-3-11(6-10)8-21(18,19)9-12(17)16-13-15-4-5-20-13/h1-6H,8-9H2,(H,15,16,17). The average molecular weight is 321 g/mol. The lowest BCUT2D eigenvalue weighted by Gasteiger charge is -2.05. The number of hydrogen-bond donors (Lipinski definition) is 1. The van der Waals surface area contributed by atoms with Crippen LogP contribution in [-0.4, -0.2) is 25.1 Å². The highest BCUT2D eigenvalue weighted by Gasteiger charge is 2.18. The second kappa shape index (κ2) is 6.47. The topological polar surface area (TPSA) is 99.9 Å². The van der Waals surface area contributed by atoms with Crippen LogP contribution in [0.1, 0.15) is 11.1 Å². The second-order valence-electron chi connectivity index (χ2n) is 4.23. The van der Waals surface area contributed by atoms with Gasteiger partial charge in [0.05, 0.1) is 17.4 Å². The molecule has 0 aliphatic carbocycles. The molecule has 0 fully saturated rings. The highest BCUT2D eigenvalue weighted by molar-refractivity contribution is 7.91. The SMILES string of the molecule is N#Cc1cccc(CS(=O)(=O)CC(=O)Nc2nccs2)c1. The average Bonchev–Trinajstić information content (AvgIpc) is 2.90. The van der Waals surface area contributed by atoms with Gasteiger partial charge in [-0.15, -0.1) is 11.3 Å². The van der Waals surface area contributed by atoms with E-state index in [1.54, 1.807) is 23.6 Å². The molecule has 0 saturated heterocycles. The number of amides is 1. The first-order valence-corrected chi connectivity index (χ1v) is 8.57. The van der Waals surface area contributed by atoms with E-state index in [0.29, 0.717) is 16.3 Å². The molecule has 0 bridgehead atoms. The molecule has 108 valence electrons. The maximum absolute atomic E-state index is 12.0. The van der Waals surface area contributed by atoms with Crippen LogP contribution in [0.25, 0.3) is 0 Å². The Hall–Kier alpha value is -2.24. The van der Waals surface area contributed by atoms with Crippen LogP contribution in [-0.2, 0) is 20.4 Å². The van der Waals surface area contributed by atoms with Gasteiger partial charge in [0.2, 0.25) is 5.91 Å². The molecule has 0 atom stereocenters. The van der Waals surface area contributed by atoms with Crippen LogP contribution in [0.2, 0.25) is 0 Å². The Morgan fingerprint density at radius 1 is 1.43 bits per heavy atom. The van der Waals surface area contributed by atoms with Gasteiger partial charge in [-0.1, -0.05) is 12.1 Å². The van der Waals surface area contributed by atoms with Crippen LogP contribution in [0.4, 0.5) is 5.13 Å². The maximum Gasteiger partial charge on any atom is 0.241 e. The molecule has 0 aliphatic rings. The van der Waals surface area contributed by atoms with Crippen molar-refractivity contribution < 1.29 is 13.2 Å². The Bertz CT molecular complexity index is 777. The molecule has 6 nitrogen and oxygen atoms in total. The zero-order valence-electron chi connectivity index (χ0n) is 10.8. The Labute approximate surface area is 126 Å². The Morgan fingerprint density at radius 3 is 2.90 bits per heavy atom. The van der Waals surface area contributed by atoms with Crippen molar-refractivity contribution in [3.8, 4) is 6.07 Å².